The molecule has 15 nitrogen and oxygen atoms in total. The Labute approximate surface area is 274 Å². The third-order valence-electron chi connectivity index (χ3n) is 6.96. The third-order valence-corrected chi connectivity index (χ3v) is 8.18. The number of unbranched alkanes of at least 4 members (excludes halogenated alkanes) is 4. The molecule has 2 aliphatic rings. The maximum absolute atomic E-state index is 11.3. The highest BCUT2D eigenvalue weighted by atomic mass is 32.2. The minimum Gasteiger partial charge on any atom is -0.394 e. The smallest absolute Gasteiger partial charge is 0.217 e. The number of ether oxygens (including phenoxy) is 4. The second-order valence-corrected chi connectivity index (χ2v) is 12.5. The first-order chi connectivity index (χ1) is 21.4. The van der Waals surface area contributed by atoms with Crippen molar-refractivity contribution in [2.24, 2.45) is 0 Å². The summed E-state index contributed by atoms with van der Waals surface area (Å²) in [6, 6.07) is -1.78. The molecule has 17 heteroatoms. The van der Waals surface area contributed by atoms with E-state index in [1.54, 1.807) is 0 Å². The van der Waals surface area contributed by atoms with E-state index in [0.29, 0.717) is 13.2 Å². The molecule has 2 amide bonds. The SMILES string of the molecule is CC(=O)N[C@H]1C(O)[C@@H](O)C(CO)O[C@@H]1OCCCCCS.CC(=O)N[C@H]1C(O)[C@@H](O)C(CO)O[C@@H]1OCCCCCSC(C)=O. The van der Waals surface area contributed by atoms with E-state index in [2.05, 4.69) is 23.3 Å². The Morgan fingerprint density at radius 1 is 0.689 bits per heavy atom. The Bertz CT molecular complexity index is 861. The first kappa shape index (κ1) is 41.9. The highest BCUT2D eigenvalue weighted by Gasteiger charge is 2.46. The summed E-state index contributed by atoms with van der Waals surface area (Å²) in [5.74, 6) is 0.834. The predicted molar refractivity (Wildman–Crippen MR) is 167 cm³/mol. The molecule has 2 aliphatic heterocycles. The molecule has 0 radical (unpaired) electrons. The number of carbonyl (C=O) groups is 3. The largest absolute Gasteiger partial charge is 0.394 e. The quantitative estimate of drug-likeness (QED) is 0.0622. The van der Waals surface area contributed by atoms with Gasteiger partial charge in [-0.1, -0.05) is 24.6 Å². The molecule has 0 saturated carbocycles. The maximum atomic E-state index is 11.3. The number of aliphatic hydroxyl groups excluding tert-OH is 6. The van der Waals surface area contributed by atoms with Crippen LogP contribution in [-0.4, -0.2) is 147 Å². The van der Waals surface area contributed by atoms with E-state index in [1.807, 2.05) is 0 Å². The molecule has 2 fully saturated rings. The number of thiol groups is 1. The Morgan fingerprint density at radius 2 is 1.11 bits per heavy atom. The second-order valence-electron chi connectivity index (χ2n) is 10.8. The van der Waals surface area contributed by atoms with Crippen molar-refractivity contribution in [3.05, 3.63) is 0 Å². The molecular weight excluding hydrogens is 636 g/mol. The molecule has 2 heterocycles. The molecule has 2 rings (SSSR count). The molecule has 0 bridgehead atoms. The molecule has 0 spiro atoms. The van der Waals surface area contributed by atoms with Gasteiger partial charge in [0.2, 0.25) is 11.8 Å². The Kier molecular flexibility index (Phi) is 21.7. The van der Waals surface area contributed by atoms with Crippen LogP contribution < -0.4 is 10.6 Å². The Hall–Kier alpha value is -1.09. The number of aliphatic hydroxyl groups is 6. The van der Waals surface area contributed by atoms with Crippen molar-refractivity contribution in [2.45, 2.75) is 121 Å². The number of hydrogen-bond donors (Lipinski definition) is 9. The van der Waals surface area contributed by atoms with Crippen LogP contribution in [0.4, 0.5) is 0 Å². The van der Waals surface area contributed by atoms with Crippen LogP contribution in [0.2, 0.25) is 0 Å². The predicted octanol–water partition coefficient (Wildman–Crippen LogP) is -1.56. The minimum absolute atomic E-state index is 0.0996. The summed E-state index contributed by atoms with van der Waals surface area (Å²) in [6.07, 6.45) is -3.69. The summed E-state index contributed by atoms with van der Waals surface area (Å²) in [4.78, 5) is 33.3. The van der Waals surface area contributed by atoms with Crippen molar-refractivity contribution >= 4 is 41.3 Å². The monoisotopic (exact) mass is 688 g/mol. The molecule has 264 valence electrons. The topological polar surface area (TPSA) is 234 Å². The van der Waals surface area contributed by atoms with Gasteiger partial charge >= 0.3 is 0 Å². The van der Waals surface area contributed by atoms with Gasteiger partial charge in [-0.25, -0.2) is 0 Å². The van der Waals surface area contributed by atoms with Gasteiger partial charge in [-0.2, -0.15) is 12.6 Å². The van der Waals surface area contributed by atoms with Gasteiger partial charge < -0.3 is 60.2 Å². The average molecular weight is 689 g/mol. The number of hydrogen-bond acceptors (Lipinski definition) is 15. The van der Waals surface area contributed by atoms with Gasteiger partial charge in [-0.15, -0.1) is 0 Å². The number of carbonyl (C=O) groups excluding carboxylic acids is 3. The number of thioether (sulfide) groups is 1. The van der Waals surface area contributed by atoms with Crippen LogP contribution in [0.15, 0.2) is 0 Å². The molecule has 45 heavy (non-hydrogen) atoms. The third kappa shape index (κ3) is 15.6. The molecule has 0 aliphatic carbocycles. The van der Waals surface area contributed by atoms with Gasteiger partial charge in [0.25, 0.3) is 0 Å². The lowest BCUT2D eigenvalue weighted by molar-refractivity contribution is -0.270. The van der Waals surface area contributed by atoms with Gasteiger partial charge in [0.15, 0.2) is 17.7 Å². The lowest BCUT2D eigenvalue weighted by atomic mass is 9.97. The van der Waals surface area contributed by atoms with E-state index < -0.39 is 74.5 Å². The molecular formula is C28H52N2O13S2. The summed E-state index contributed by atoms with van der Waals surface area (Å²) in [5, 5.41) is 63.4. The highest BCUT2D eigenvalue weighted by Crippen LogP contribution is 2.24. The van der Waals surface area contributed by atoms with Crippen LogP contribution in [0.3, 0.4) is 0 Å². The molecule has 0 aromatic carbocycles. The van der Waals surface area contributed by atoms with E-state index in [-0.39, 0.29) is 16.9 Å². The second kappa shape index (κ2) is 23.3. The Balaban J connectivity index is 0.000000454. The van der Waals surface area contributed by atoms with Crippen molar-refractivity contribution in [3.63, 3.8) is 0 Å². The molecule has 2 saturated heterocycles. The van der Waals surface area contributed by atoms with Gasteiger partial charge in [0.1, 0.15) is 48.7 Å². The summed E-state index contributed by atoms with van der Waals surface area (Å²) in [6.45, 7) is 3.97. The minimum atomic E-state index is -1.31. The zero-order valence-electron chi connectivity index (χ0n) is 26.2. The first-order valence-corrected chi connectivity index (χ1v) is 16.8. The van der Waals surface area contributed by atoms with Crippen molar-refractivity contribution in [3.8, 4) is 0 Å². The summed E-state index contributed by atoms with van der Waals surface area (Å²) in [5.41, 5.74) is 0. The lowest BCUT2D eigenvalue weighted by Gasteiger charge is -2.42. The van der Waals surface area contributed by atoms with E-state index >= 15 is 0 Å². The van der Waals surface area contributed by atoms with E-state index in [9.17, 15) is 39.9 Å². The fraction of sp³-hybridized carbons (Fsp3) is 0.893. The van der Waals surface area contributed by atoms with Crippen LogP contribution in [0, 0.1) is 0 Å². The lowest BCUT2D eigenvalue weighted by Crippen LogP contribution is -2.64. The summed E-state index contributed by atoms with van der Waals surface area (Å²) < 4.78 is 22.0. The van der Waals surface area contributed by atoms with Crippen LogP contribution in [0.5, 0.6) is 0 Å². The van der Waals surface area contributed by atoms with E-state index in [0.717, 1.165) is 50.0 Å². The fourth-order valence-corrected chi connectivity index (χ4v) is 5.47. The Morgan fingerprint density at radius 3 is 1.47 bits per heavy atom. The van der Waals surface area contributed by atoms with Crippen molar-refractivity contribution < 1.29 is 64.0 Å². The summed E-state index contributed by atoms with van der Waals surface area (Å²) >= 11 is 5.41. The number of amides is 2. The number of rotatable bonds is 17. The normalized spacial score (nSPS) is 31.4. The van der Waals surface area contributed by atoms with Crippen LogP contribution in [0.1, 0.15) is 59.3 Å². The van der Waals surface area contributed by atoms with Gasteiger partial charge in [-0.05, 0) is 31.4 Å². The van der Waals surface area contributed by atoms with Crippen molar-refractivity contribution in [1.82, 2.24) is 10.6 Å². The van der Waals surface area contributed by atoms with Gasteiger partial charge in [-0.3, -0.25) is 14.4 Å². The highest BCUT2D eigenvalue weighted by molar-refractivity contribution is 8.13. The standard InChI is InChI=1S/C15H27NO7S.C13H25NO6S/c1-9(18)16-12-14(21)13(20)11(8-17)23-15(12)22-6-4-3-5-7-24-10(2)19;1-8(16)14-10-12(18)11(17)9(7-15)20-13(10)19-5-3-2-4-6-21/h11-15,17,20-21H,3-8H2,1-2H3,(H,16,18);9-13,15,17-18,21H,2-7H2,1H3,(H,14,16)/t11?,12-,13-,14?,15-;9?,10-,11-,12?,13-/m00/s1. The van der Waals surface area contributed by atoms with Crippen molar-refractivity contribution in [1.29, 1.82) is 0 Å². The van der Waals surface area contributed by atoms with Gasteiger partial charge in [0, 0.05) is 39.7 Å². The molecule has 0 aromatic heterocycles. The number of nitrogens with one attached hydrogen (secondary N) is 2. The average Bonchev–Trinajstić information content (AvgIpc) is 2.99. The van der Waals surface area contributed by atoms with Crippen molar-refractivity contribution in [2.75, 3.05) is 37.9 Å². The molecule has 8 N–H and O–H groups in total. The zero-order valence-corrected chi connectivity index (χ0v) is 27.9. The molecule has 0 aromatic rings. The van der Waals surface area contributed by atoms with Crippen LogP contribution in [-0.2, 0) is 33.3 Å². The van der Waals surface area contributed by atoms with E-state index in [4.69, 9.17) is 24.1 Å². The maximum Gasteiger partial charge on any atom is 0.217 e. The van der Waals surface area contributed by atoms with Crippen LogP contribution in [0.25, 0.3) is 0 Å². The van der Waals surface area contributed by atoms with Crippen LogP contribution >= 0.6 is 24.4 Å². The van der Waals surface area contributed by atoms with Gasteiger partial charge in [0.05, 0.1) is 13.2 Å². The molecule has 4 unspecified atom stereocenters. The van der Waals surface area contributed by atoms with E-state index in [1.165, 1.54) is 32.5 Å². The fourth-order valence-electron chi connectivity index (χ4n) is 4.61. The summed E-state index contributed by atoms with van der Waals surface area (Å²) in [7, 11) is 0. The zero-order chi connectivity index (χ0) is 33.9. The first-order valence-electron chi connectivity index (χ1n) is 15.1. The molecule has 10 atom stereocenters.